The number of para-hydroxylation sites is 1. The van der Waals surface area contributed by atoms with Gasteiger partial charge in [-0.05, 0) is 20.8 Å². The number of dihydropyridines is 1. The van der Waals surface area contributed by atoms with Crippen molar-refractivity contribution in [1.29, 1.82) is 0 Å². The first-order valence-corrected chi connectivity index (χ1v) is 9.42. The number of nitro benzene ring substituents is 1. The van der Waals surface area contributed by atoms with Gasteiger partial charge in [-0.2, -0.15) is 0 Å². The molecule has 31 heavy (non-hydrogen) atoms. The number of benzene rings is 1. The van der Waals surface area contributed by atoms with Gasteiger partial charge in [-0.1, -0.05) is 18.2 Å². The van der Waals surface area contributed by atoms with Gasteiger partial charge in [0.1, 0.15) is 0 Å². The summed E-state index contributed by atoms with van der Waals surface area (Å²) in [5, 5.41) is 14.5. The normalized spacial score (nSPS) is 16.8. The molecular weight excluding hydrogens is 410 g/mol. The molecule has 1 aromatic rings. The monoisotopic (exact) mass is 433 g/mol. The molecule has 11 heteroatoms. The minimum atomic E-state index is -1.42. The number of rotatable bonds is 9. The average Bonchev–Trinajstić information content (AvgIpc) is 2.73. The molecule has 0 aromatic heterocycles. The number of allylic oxidation sites excluding steroid dienone is 1. The van der Waals surface area contributed by atoms with Gasteiger partial charge in [0.25, 0.3) is 12.2 Å². The third kappa shape index (κ3) is 4.89. The van der Waals surface area contributed by atoms with Crippen LogP contribution in [0.2, 0.25) is 0 Å². The van der Waals surface area contributed by atoms with Crippen LogP contribution in [0.25, 0.3) is 0 Å². The van der Waals surface area contributed by atoms with Crippen molar-refractivity contribution >= 4 is 24.1 Å². The Morgan fingerprint density at radius 3 is 2.32 bits per heavy atom. The first-order valence-electron chi connectivity index (χ1n) is 9.42. The molecule has 0 saturated carbocycles. The second-order valence-electron chi connectivity index (χ2n) is 6.33. The van der Waals surface area contributed by atoms with Crippen LogP contribution >= 0.6 is 0 Å². The summed E-state index contributed by atoms with van der Waals surface area (Å²) < 4.78 is 15.1. The summed E-state index contributed by atoms with van der Waals surface area (Å²) in [6.07, 6.45) is -1.42. The summed E-state index contributed by atoms with van der Waals surface area (Å²) in [6, 6.07) is 5.66. The lowest BCUT2D eigenvalue weighted by Crippen LogP contribution is -2.41. The maximum absolute atomic E-state index is 13.0. The zero-order chi connectivity index (χ0) is 23.1. The van der Waals surface area contributed by atoms with Crippen molar-refractivity contribution in [3.63, 3.8) is 0 Å². The van der Waals surface area contributed by atoms with E-state index in [0.29, 0.717) is 0 Å². The lowest BCUT2D eigenvalue weighted by molar-refractivity contribution is -0.385. The Labute approximate surface area is 178 Å². The summed E-state index contributed by atoms with van der Waals surface area (Å²) in [6.45, 7) is 4.82. The Morgan fingerprint density at radius 1 is 1.19 bits per heavy atom. The quantitative estimate of drug-likeness (QED) is 0.145. The molecule has 0 radical (unpaired) electrons. The van der Waals surface area contributed by atoms with E-state index in [1.165, 1.54) is 31.2 Å². The molecule has 1 aromatic carbocycles. The van der Waals surface area contributed by atoms with Crippen LogP contribution in [0, 0.1) is 10.1 Å². The van der Waals surface area contributed by atoms with Crippen molar-refractivity contribution in [2.45, 2.75) is 32.9 Å². The van der Waals surface area contributed by atoms with Crippen molar-refractivity contribution in [3.05, 3.63) is 62.5 Å². The second-order valence-corrected chi connectivity index (χ2v) is 6.33. The van der Waals surface area contributed by atoms with Gasteiger partial charge in [0.05, 0.1) is 40.9 Å². The number of ether oxygens (including phenoxy) is 3. The number of carbonyl (C=O) groups excluding carboxylic acids is 3. The number of nitrogens with zero attached hydrogens (tertiary/aromatic N) is 1. The highest BCUT2D eigenvalue weighted by Gasteiger charge is 2.43. The van der Waals surface area contributed by atoms with Crippen molar-refractivity contribution < 1.29 is 33.5 Å². The van der Waals surface area contributed by atoms with Crippen LogP contribution in [0.15, 0.2) is 46.8 Å². The maximum atomic E-state index is 13.0. The van der Waals surface area contributed by atoms with Gasteiger partial charge in [-0.15, -0.1) is 0 Å². The Kier molecular flexibility index (Phi) is 7.86. The molecular formula is C20H23N3O8. The molecule has 0 fully saturated rings. The third-order valence-electron chi connectivity index (χ3n) is 4.52. The van der Waals surface area contributed by atoms with Crippen LogP contribution in [0.1, 0.15) is 32.3 Å². The fourth-order valence-corrected chi connectivity index (χ4v) is 3.33. The van der Waals surface area contributed by atoms with Gasteiger partial charge < -0.3 is 19.5 Å². The summed E-state index contributed by atoms with van der Waals surface area (Å²) in [5.41, 5.74) is 5.59. The molecule has 1 heterocycles. The summed E-state index contributed by atoms with van der Waals surface area (Å²) in [4.78, 5) is 47.7. The van der Waals surface area contributed by atoms with Gasteiger partial charge >= 0.3 is 11.9 Å². The number of esters is 2. The largest absolute Gasteiger partial charge is 0.463 e. The molecule has 3 N–H and O–H groups in total. The Balaban J connectivity index is 2.88. The highest BCUT2D eigenvalue weighted by atomic mass is 16.6. The molecule has 2 rings (SSSR count). The fraction of sp³-hybridized carbons (Fsp3) is 0.350. The van der Waals surface area contributed by atoms with E-state index in [1.807, 2.05) is 0 Å². The van der Waals surface area contributed by atoms with Crippen LogP contribution in [0.4, 0.5) is 5.69 Å². The highest BCUT2D eigenvalue weighted by Crippen LogP contribution is 2.43. The summed E-state index contributed by atoms with van der Waals surface area (Å²) in [5.74, 6) is -2.91. The number of hydrogen-bond donors (Lipinski definition) is 2. The van der Waals surface area contributed by atoms with E-state index in [0.717, 1.165) is 0 Å². The molecule has 2 atom stereocenters. The molecule has 166 valence electrons. The first-order chi connectivity index (χ1) is 14.8. The van der Waals surface area contributed by atoms with E-state index >= 15 is 0 Å². The Bertz CT molecular complexity index is 953. The number of nitrogens with two attached hydrogens (primary N) is 1. The predicted octanol–water partition coefficient (Wildman–Crippen LogP) is 1.39. The molecule has 0 saturated heterocycles. The van der Waals surface area contributed by atoms with Gasteiger partial charge in [0, 0.05) is 17.3 Å². The Morgan fingerprint density at radius 2 is 1.77 bits per heavy atom. The topological polar surface area (TPSA) is 160 Å². The average molecular weight is 433 g/mol. The third-order valence-corrected chi connectivity index (χ3v) is 4.52. The minimum absolute atomic E-state index is 0.0135. The predicted molar refractivity (Wildman–Crippen MR) is 107 cm³/mol. The molecule has 2 unspecified atom stereocenters. The smallest absolute Gasteiger partial charge is 0.336 e. The number of hydrogen-bond acceptors (Lipinski definition) is 10. The standard InChI is InChI=1S/C20H23N3O8/c1-4-29-19(25)14-11(3)22-17(18(21)31-10-24)16(20(26)30-5-2)15(14)12-8-6-7-9-13(12)23(27)28/h6-10,15,18,22H,4-5,21H2,1-3H3. The maximum Gasteiger partial charge on any atom is 0.336 e. The molecule has 0 amide bonds. The number of nitrogens with one attached hydrogen (secondary N) is 1. The molecule has 0 bridgehead atoms. The van der Waals surface area contributed by atoms with Gasteiger partial charge in [0.15, 0.2) is 6.23 Å². The van der Waals surface area contributed by atoms with E-state index in [9.17, 15) is 24.5 Å². The van der Waals surface area contributed by atoms with Gasteiger partial charge in [0.2, 0.25) is 0 Å². The molecule has 1 aliphatic heterocycles. The van der Waals surface area contributed by atoms with E-state index in [4.69, 9.17) is 19.9 Å². The fourth-order valence-electron chi connectivity index (χ4n) is 3.33. The van der Waals surface area contributed by atoms with E-state index in [-0.39, 0.29) is 53.5 Å². The number of nitro groups is 1. The van der Waals surface area contributed by atoms with Crippen molar-refractivity contribution in [3.8, 4) is 0 Å². The molecule has 0 spiro atoms. The molecule has 0 aliphatic carbocycles. The second kappa shape index (κ2) is 10.3. The lowest BCUT2D eigenvalue weighted by Gasteiger charge is -2.32. The Hall–Kier alpha value is -3.73. The number of carbonyl (C=O) groups is 3. The lowest BCUT2D eigenvalue weighted by atomic mass is 9.79. The molecule has 1 aliphatic rings. The van der Waals surface area contributed by atoms with Gasteiger partial charge in [-0.3, -0.25) is 20.6 Å². The first kappa shape index (κ1) is 23.5. The molecule has 11 nitrogen and oxygen atoms in total. The zero-order valence-electron chi connectivity index (χ0n) is 17.2. The van der Waals surface area contributed by atoms with E-state index < -0.39 is 29.0 Å². The van der Waals surface area contributed by atoms with Crippen molar-refractivity contribution in [2.75, 3.05) is 13.2 Å². The minimum Gasteiger partial charge on any atom is -0.463 e. The SMILES string of the molecule is CCOC(=O)C1=C(C)NC(C(N)OC=O)=C(C(=O)OCC)C1c1ccccc1[N+](=O)[O-]. The summed E-state index contributed by atoms with van der Waals surface area (Å²) in [7, 11) is 0. The zero-order valence-corrected chi connectivity index (χ0v) is 17.2. The van der Waals surface area contributed by atoms with Crippen LogP contribution < -0.4 is 11.1 Å². The van der Waals surface area contributed by atoms with Gasteiger partial charge in [-0.25, -0.2) is 9.59 Å². The van der Waals surface area contributed by atoms with Crippen LogP contribution in [-0.4, -0.2) is 42.8 Å². The summed E-state index contributed by atoms with van der Waals surface area (Å²) >= 11 is 0. The van der Waals surface area contributed by atoms with Crippen molar-refractivity contribution in [1.82, 2.24) is 5.32 Å². The van der Waals surface area contributed by atoms with Crippen LogP contribution in [0.3, 0.4) is 0 Å². The van der Waals surface area contributed by atoms with E-state index in [1.54, 1.807) is 13.8 Å². The highest BCUT2D eigenvalue weighted by molar-refractivity contribution is 6.00. The van der Waals surface area contributed by atoms with Crippen LogP contribution in [-0.2, 0) is 28.6 Å². The van der Waals surface area contributed by atoms with Crippen LogP contribution in [0.5, 0.6) is 0 Å². The van der Waals surface area contributed by atoms with E-state index in [2.05, 4.69) is 5.32 Å². The van der Waals surface area contributed by atoms with Crippen molar-refractivity contribution in [2.24, 2.45) is 5.73 Å².